The molecule has 0 bridgehead atoms. The number of aliphatic carboxylic acids is 1. The van der Waals surface area contributed by atoms with Gasteiger partial charge in [-0.15, -0.1) is 0 Å². The Morgan fingerprint density at radius 2 is 1.89 bits per heavy atom. The SMILES string of the molecule is Cc1cc(-c2ccc(/C=C/C(=O)O)o2)cc(C)c1Br. The fourth-order valence-corrected chi connectivity index (χ4v) is 2.07. The molecule has 0 saturated carbocycles. The fourth-order valence-electron chi connectivity index (χ4n) is 1.84. The minimum Gasteiger partial charge on any atom is -0.478 e. The molecule has 1 heterocycles. The van der Waals surface area contributed by atoms with Crippen molar-refractivity contribution in [1.82, 2.24) is 0 Å². The zero-order valence-electron chi connectivity index (χ0n) is 10.6. The molecule has 0 atom stereocenters. The minimum atomic E-state index is -0.992. The smallest absolute Gasteiger partial charge is 0.328 e. The van der Waals surface area contributed by atoms with Crippen LogP contribution in [0.15, 0.2) is 39.2 Å². The Labute approximate surface area is 119 Å². The molecule has 0 aliphatic heterocycles. The number of carboxylic acid groups (broad SMARTS) is 1. The molecule has 0 unspecified atom stereocenters. The van der Waals surface area contributed by atoms with Crippen molar-refractivity contribution in [2.45, 2.75) is 13.8 Å². The Hall–Kier alpha value is -1.81. The summed E-state index contributed by atoms with van der Waals surface area (Å²) in [6.07, 6.45) is 2.49. The van der Waals surface area contributed by atoms with Gasteiger partial charge in [-0.1, -0.05) is 15.9 Å². The van der Waals surface area contributed by atoms with Gasteiger partial charge in [-0.25, -0.2) is 4.79 Å². The Morgan fingerprint density at radius 3 is 2.47 bits per heavy atom. The summed E-state index contributed by atoms with van der Waals surface area (Å²) in [7, 11) is 0. The van der Waals surface area contributed by atoms with Crippen molar-refractivity contribution in [2.75, 3.05) is 0 Å². The molecule has 0 fully saturated rings. The molecule has 0 aliphatic carbocycles. The second-order valence-corrected chi connectivity index (χ2v) is 5.09. The quantitative estimate of drug-likeness (QED) is 0.851. The zero-order chi connectivity index (χ0) is 14.0. The Bertz CT molecular complexity index is 630. The van der Waals surface area contributed by atoms with Gasteiger partial charge in [0.05, 0.1) is 0 Å². The van der Waals surface area contributed by atoms with Gasteiger partial charge in [0.25, 0.3) is 0 Å². The number of carbonyl (C=O) groups is 1. The number of carboxylic acids is 1. The molecule has 0 saturated heterocycles. The van der Waals surface area contributed by atoms with Crippen LogP contribution in [-0.4, -0.2) is 11.1 Å². The summed E-state index contributed by atoms with van der Waals surface area (Å²) in [5.74, 6) is 0.257. The Morgan fingerprint density at radius 1 is 1.26 bits per heavy atom. The average Bonchev–Trinajstić information content (AvgIpc) is 2.81. The van der Waals surface area contributed by atoms with Crippen LogP contribution in [0.4, 0.5) is 0 Å². The number of benzene rings is 1. The van der Waals surface area contributed by atoms with E-state index in [1.54, 1.807) is 6.07 Å². The number of hydrogen-bond acceptors (Lipinski definition) is 2. The maximum atomic E-state index is 10.4. The maximum absolute atomic E-state index is 10.4. The number of hydrogen-bond donors (Lipinski definition) is 1. The van der Waals surface area contributed by atoms with E-state index in [0.717, 1.165) is 33.0 Å². The average molecular weight is 321 g/mol. The molecule has 1 aromatic carbocycles. The summed E-state index contributed by atoms with van der Waals surface area (Å²) in [5.41, 5.74) is 3.25. The topological polar surface area (TPSA) is 50.4 Å². The standard InChI is InChI=1S/C15H13BrO3/c1-9-7-11(8-10(2)15(9)16)13-5-3-12(19-13)4-6-14(17)18/h3-8H,1-2H3,(H,17,18)/b6-4+. The van der Waals surface area contributed by atoms with Crippen LogP contribution in [0, 0.1) is 13.8 Å². The van der Waals surface area contributed by atoms with Crippen LogP contribution < -0.4 is 0 Å². The van der Waals surface area contributed by atoms with Gasteiger partial charge in [-0.05, 0) is 55.3 Å². The van der Waals surface area contributed by atoms with E-state index in [-0.39, 0.29) is 0 Å². The van der Waals surface area contributed by atoms with Gasteiger partial charge in [0.1, 0.15) is 11.5 Å². The third-order valence-electron chi connectivity index (χ3n) is 2.74. The molecule has 2 rings (SSSR count). The van der Waals surface area contributed by atoms with E-state index in [9.17, 15) is 4.79 Å². The lowest BCUT2D eigenvalue weighted by atomic mass is 10.1. The lowest BCUT2D eigenvalue weighted by Gasteiger charge is -2.05. The molecule has 0 aliphatic rings. The lowest BCUT2D eigenvalue weighted by Crippen LogP contribution is -1.85. The van der Waals surface area contributed by atoms with E-state index >= 15 is 0 Å². The van der Waals surface area contributed by atoms with E-state index in [1.165, 1.54) is 6.08 Å². The summed E-state index contributed by atoms with van der Waals surface area (Å²) in [4.78, 5) is 10.4. The van der Waals surface area contributed by atoms with Crippen molar-refractivity contribution in [1.29, 1.82) is 0 Å². The summed E-state index contributed by atoms with van der Waals surface area (Å²) in [6.45, 7) is 4.05. The van der Waals surface area contributed by atoms with Gasteiger partial charge < -0.3 is 9.52 Å². The molecule has 2 aromatic rings. The van der Waals surface area contributed by atoms with Crippen molar-refractivity contribution in [3.63, 3.8) is 0 Å². The van der Waals surface area contributed by atoms with E-state index in [2.05, 4.69) is 15.9 Å². The zero-order valence-corrected chi connectivity index (χ0v) is 12.2. The van der Waals surface area contributed by atoms with Gasteiger partial charge in [0, 0.05) is 16.1 Å². The first-order chi connectivity index (χ1) is 8.97. The number of halogens is 1. The first kappa shape index (κ1) is 13.6. The fraction of sp³-hybridized carbons (Fsp3) is 0.133. The monoisotopic (exact) mass is 320 g/mol. The molecule has 0 spiro atoms. The minimum absolute atomic E-state index is 0.524. The first-order valence-electron chi connectivity index (χ1n) is 5.75. The molecule has 98 valence electrons. The van der Waals surface area contributed by atoms with Crippen LogP contribution in [0.2, 0.25) is 0 Å². The number of rotatable bonds is 3. The van der Waals surface area contributed by atoms with Gasteiger partial charge in [0.2, 0.25) is 0 Å². The second-order valence-electron chi connectivity index (χ2n) is 4.30. The molecule has 3 nitrogen and oxygen atoms in total. The van der Waals surface area contributed by atoms with Crippen molar-refractivity contribution in [3.05, 3.63) is 51.7 Å². The third kappa shape index (κ3) is 3.15. The number of furan rings is 1. The van der Waals surface area contributed by atoms with E-state index in [1.807, 2.05) is 32.0 Å². The van der Waals surface area contributed by atoms with Crippen molar-refractivity contribution >= 4 is 28.0 Å². The molecule has 19 heavy (non-hydrogen) atoms. The van der Waals surface area contributed by atoms with Crippen LogP contribution in [-0.2, 0) is 4.79 Å². The van der Waals surface area contributed by atoms with Crippen molar-refractivity contribution in [3.8, 4) is 11.3 Å². The van der Waals surface area contributed by atoms with E-state index in [0.29, 0.717) is 5.76 Å². The van der Waals surface area contributed by atoms with Crippen LogP contribution in [0.5, 0.6) is 0 Å². The summed E-state index contributed by atoms with van der Waals surface area (Å²) in [6, 6.07) is 7.65. The lowest BCUT2D eigenvalue weighted by molar-refractivity contribution is -0.131. The normalized spacial score (nSPS) is 11.1. The van der Waals surface area contributed by atoms with Crippen LogP contribution in [0.3, 0.4) is 0 Å². The summed E-state index contributed by atoms with van der Waals surface area (Å²) < 4.78 is 6.70. The summed E-state index contributed by atoms with van der Waals surface area (Å²) >= 11 is 3.52. The van der Waals surface area contributed by atoms with E-state index < -0.39 is 5.97 Å². The highest BCUT2D eigenvalue weighted by Gasteiger charge is 2.07. The molecular formula is C15H13BrO3. The van der Waals surface area contributed by atoms with Gasteiger partial charge >= 0.3 is 5.97 Å². The largest absolute Gasteiger partial charge is 0.478 e. The van der Waals surface area contributed by atoms with Gasteiger partial charge in [-0.2, -0.15) is 0 Å². The molecular weight excluding hydrogens is 308 g/mol. The summed E-state index contributed by atoms with van der Waals surface area (Å²) in [5, 5.41) is 8.57. The molecule has 0 radical (unpaired) electrons. The predicted octanol–water partition coefficient (Wildman–Crippen LogP) is 4.42. The molecule has 1 aromatic heterocycles. The molecule has 4 heteroatoms. The Kier molecular flexibility index (Phi) is 3.90. The molecule has 0 amide bonds. The van der Waals surface area contributed by atoms with Gasteiger partial charge in [-0.3, -0.25) is 0 Å². The molecule has 1 N–H and O–H groups in total. The third-order valence-corrected chi connectivity index (χ3v) is 3.99. The highest BCUT2D eigenvalue weighted by atomic mass is 79.9. The van der Waals surface area contributed by atoms with Crippen LogP contribution in [0.25, 0.3) is 17.4 Å². The van der Waals surface area contributed by atoms with E-state index in [4.69, 9.17) is 9.52 Å². The number of aryl methyl sites for hydroxylation is 2. The Balaban J connectivity index is 2.35. The highest BCUT2D eigenvalue weighted by molar-refractivity contribution is 9.10. The van der Waals surface area contributed by atoms with Crippen LogP contribution >= 0.6 is 15.9 Å². The maximum Gasteiger partial charge on any atom is 0.328 e. The van der Waals surface area contributed by atoms with Crippen LogP contribution in [0.1, 0.15) is 16.9 Å². The highest BCUT2D eigenvalue weighted by Crippen LogP contribution is 2.29. The van der Waals surface area contributed by atoms with Crippen molar-refractivity contribution in [2.24, 2.45) is 0 Å². The second kappa shape index (κ2) is 5.45. The van der Waals surface area contributed by atoms with Crippen molar-refractivity contribution < 1.29 is 14.3 Å². The predicted molar refractivity (Wildman–Crippen MR) is 78.0 cm³/mol. The first-order valence-corrected chi connectivity index (χ1v) is 6.54. The van der Waals surface area contributed by atoms with Gasteiger partial charge in [0.15, 0.2) is 0 Å².